The highest BCUT2D eigenvalue weighted by molar-refractivity contribution is 5.93. The molecule has 0 saturated carbocycles. The summed E-state index contributed by atoms with van der Waals surface area (Å²) in [5.74, 6) is -0.197. The summed E-state index contributed by atoms with van der Waals surface area (Å²) in [5, 5.41) is 2.94. The van der Waals surface area contributed by atoms with Crippen molar-refractivity contribution < 1.29 is 4.79 Å². The van der Waals surface area contributed by atoms with Gasteiger partial charge in [-0.15, -0.1) is 0 Å². The Hall–Kier alpha value is -2.40. The molecule has 0 aliphatic carbocycles. The lowest BCUT2D eigenvalue weighted by molar-refractivity contribution is 0.0932. The minimum atomic E-state index is -0.197. The number of benzene rings is 1. The van der Waals surface area contributed by atoms with Crippen molar-refractivity contribution >= 4 is 5.91 Å². The Kier molecular flexibility index (Phi) is 4.81. The van der Waals surface area contributed by atoms with Crippen molar-refractivity contribution in [3.63, 3.8) is 0 Å². The minimum absolute atomic E-state index is 0.177. The van der Waals surface area contributed by atoms with E-state index in [4.69, 9.17) is 0 Å². The summed E-state index contributed by atoms with van der Waals surface area (Å²) in [6.45, 7) is 4.60. The predicted molar refractivity (Wildman–Crippen MR) is 94.0 cm³/mol. The number of aromatic nitrogens is 1. The van der Waals surface area contributed by atoms with E-state index in [1.54, 1.807) is 19.3 Å². The van der Waals surface area contributed by atoms with E-state index in [9.17, 15) is 9.59 Å². The van der Waals surface area contributed by atoms with Crippen LogP contribution in [0.4, 0.5) is 0 Å². The third-order valence-corrected chi connectivity index (χ3v) is 4.71. The average Bonchev–Trinajstić information content (AvgIpc) is 2.61. The zero-order chi connectivity index (χ0) is 17.1. The lowest BCUT2D eigenvalue weighted by Gasteiger charge is -2.33. The Morgan fingerprint density at radius 2 is 2.00 bits per heavy atom. The normalized spacial score (nSPS) is 15.6. The van der Waals surface area contributed by atoms with Gasteiger partial charge in [-0.3, -0.25) is 14.5 Å². The Morgan fingerprint density at radius 3 is 2.75 bits per heavy atom. The molecule has 1 atom stereocenters. The molecule has 0 radical (unpaired) electrons. The number of rotatable bonds is 4. The van der Waals surface area contributed by atoms with Gasteiger partial charge in [0.2, 0.25) is 0 Å². The summed E-state index contributed by atoms with van der Waals surface area (Å²) < 4.78 is 1.45. The van der Waals surface area contributed by atoms with E-state index in [0.717, 1.165) is 19.5 Å². The number of aryl methyl sites for hydroxylation is 1. The molecular formula is C19H23N3O2. The Bertz CT molecular complexity index is 797. The van der Waals surface area contributed by atoms with Gasteiger partial charge < -0.3 is 9.88 Å². The van der Waals surface area contributed by atoms with Gasteiger partial charge in [0.1, 0.15) is 0 Å². The molecule has 1 aromatic carbocycles. The standard InChI is InChI=1S/C19H23N3O2/c1-14(22-10-8-15-5-3-4-6-17(15)13-22)12-20-19(24)16-7-9-21(2)18(23)11-16/h3-7,9,11,14H,8,10,12-13H2,1-2H3,(H,20,24). The maximum absolute atomic E-state index is 12.2. The molecule has 2 aromatic rings. The van der Waals surface area contributed by atoms with Crippen LogP contribution in [0.1, 0.15) is 28.4 Å². The van der Waals surface area contributed by atoms with E-state index in [0.29, 0.717) is 12.1 Å². The van der Waals surface area contributed by atoms with Gasteiger partial charge in [0.15, 0.2) is 0 Å². The SMILES string of the molecule is CC(CNC(=O)c1ccn(C)c(=O)c1)N1CCc2ccccc2C1. The van der Waals surface area contributed by atoms with Crippen molar-refractivity contribution in [3.05, 3.63) is 69.6 Å². The number of amides is 1. The van der Waals surface area contributed by atoms with Gasteiger partial charge in [-0.2, -0.15) is 0 Å². The maximum Gasteiger partial charge on any atom is 0.251 e. The fourth-order valence-electron chi connectivity index (χ4n) is 3.06. The van der Waals surface area contributed by atoms with E-state index in [-0.39, 0.29) is 17.5 Å². The van der Waals surface area contributed by atoms with Crippen LogP contribution in [0.5, 0.6) is 0 Å². The smallest absolute Gasteiger partial charge is 0.251 e. The van der Waals surface area contributed by atoms with Gasteiger partial charge in [-0.1, -0.05) is 24.3 Å². The Balaban J connectivity index is 1.57. The molecule has 1 aliphatic rings. The molecule has 0 fully saturated rings. The number of carbonyl (C=O) groups is 1. The van der Waals surface area contributed by atoms with Crippen LogP contribution in [0.3, 0.4) is 0 Å². The van der Waals surface area contributed by atoms with Gasteiger partial charge in [-0.25, -0.2) is 0 Å². The van der Waals surface area contributed by atoms with Crippen molar-refractivity contribution in [1.29, 1.82) is 0 Å². The molecule has 2 heterocycles. The highest BCUT2D eigenvalue weighted by atomic mass is 16.2. The molecule has 0 spiro atoms. The van der Waals surface area contributed by atoms with Crippen molar-refractivity contribution in [2.75, 3.05) is 13.1 Å². The molecule has 5 heteroatoms. The molecule has 5 nitrogen and oxygen atoms in total. The second kappa shape index (κ2) is 7.01. The van der Waals surface area contributed by atoms with E-state index < -0.39 is 0 Å². The van der Waals surface area contributed by atoms with Gasteiger partial charge >= 0.3 is 0 Å². The summed E-state index contributed by atoms with van der Waals surface area (Å²) in [5.41, 5.74) is 3.02. The average molecular weight is 325 g/mol. The molecule has 1 aromatic heterocycles. The van der Waals surface area contributed by atoms with Crippen molar-refractivity contribution in [2.45, 2.75) is 25.9 Å². The van der Waals surface area contributed by atoms with Crippen LogP contribution in [0.2, 0.25) is 0 Å². The molecule has 0 saturated heterocycles. The van der Waals surface area contributed by atoms with Crippen LogP contribution in [-0.4, -0.2) is 34.5 Å². The number of nitrogens with one attached hydrogen (secondary N) is 1. The number of pyridine rings is 1. The molecule has 1 N–H and O–H groups in total. The van der Waals surface area contributed by atoms with Gasteiger partial charge in [0.25, 0.3) is 11.5 Å². The quantitative estimate of drug-likeness (QED) is 0.928. The first-order valence-electron chi connectivity index (χ1n) is 8.30. The summed E-state index contributed by atoms with van der Waals surface area (Å²) in [4.78, 5) is 26.2. The minimum Gasteiger partial charge on any atom is -0.350 e. The first-order chi connectivity index (χ1) is 11.5. The fourth-order valence-corrected chi connectivity index (χ4v) is 3.06. The molecule has 126 valence electrons. The number of hydrogen-bond donors (Lipinski definition) is 1. The van der Waals surface area contributed by atoms with E-state index in [2.05, 4.69) is 41.4 Å². The van der Waals surface area contributed by atoms with E-state index >= 15 is 0 Å². The third kappa shape index (κ3) is 3.57. The molecule has 1 amide bonds. The number of fused-ring (bicyclic) bond motifs is 1. The summed E-state index contributed by atoms with van der Waals surface area (Å²) in [6, 6.07) is 11.8. The van der Waals surface area contributed by atoms with Crippen LogP contribution in [0.25, 0.3) is 0 Å². The second-order valence-corrected chi connectivity index (χ2v) is 6.41. The Morgan fingerprint density at radius 1 is 1.25 bits per heavy atom. The largest absolute Gasteiger partial charge is 0.350 e. The van der Waals surface area contributed by atoms with Crippen LogP contribution >= 0.6 is 0 Å². The highest BCUT2D eigenvalue weighted by Crippen LogP contribution is 2.19. The number of nitrogens with zero attached hydrogens (tertiary/aromatic N) is 2. The van der Waals surface area contributed by atoms with Crippen molar-refractivity contribution in [3.8, 4) is 0 Å². The van der Waals surface area contributed by atoms with Gasteiger partial charge in [0.05, 0.1) is 0 Å². The molecular weight excluding hydrogens is 302 g/mol. The monoisotopic (exact) mass is 325 g/mol. The zero-order valence-electron chi connectivity index (χ0n) is 14.2. The summed E-state index contributed by atoms with van der Waals surface area (Å²) in [7, 11) is 1.67. The predicted octanol–water partition coefficient (Wildman–Crippen LogP) is 1.56. The Labute approximate surface area is 141 Å². The summed E-state index contributed by atoms with van der Waals surface area (Å²) >= 11 is 0. The van der Waals surface area contributed by atoms with Crippen molar-refractivity contribution in [2.24, 2.45) is 7.05 Å². The number of hydrogen-bond acceptors (Lipinski definition) is 3. The van der Waals surface area contributed by atoms with Crippen LogP contribution < -0.4 is 10.9 Å². The topological polar surface area (TPSA) is 54.3 Å². The first kappa shape index (κ1) is 16.5. The fraction of sp³-hybridized carbons (Fsp3) is 0.368. The van der Waals surface area contributed by atoms with Crippen LogP contribution in [-0.2, 0) is 20.0 Å². The molecule has 0 bridgehead atoms. The highest BCUT2D eigenvalue weighted by Gasteiger charge is 2.20. The van der Waals surface area contributed by atoms with Crippen LogP contribution in [0.15, 0.2) is 47.4 Å². The third-order valence-electron chi connectivity index (χ3n) is 4.71. The molecule has 1 aliphatic heterocycles. The molecule has 1 unspecified atom stereocenters. The zero-order valence-corrected chi connectivity index (χ0v) is 14.2. The van der Waals surface area contributed by atoms with Crippen LogP contribution in [0, 0.1) is 0 Å². The second-order valence-electron chi connectivity index (χ2n) is 6.41. The van der Waals surface area contributed by atoms with E-state index in [1.165, 1.54) is 21.8 Å². The molecule has 24 heavy (non-hydrogen) atoms. The summed E-state index contributed by atoms with van der Waals surface area (Å²) in [6.07, 6.45) is 2.66. The molecule has 3 rings (SSSR count). The lowest BCUT2D eigenvalue weighted by atomic mass is 9.99. The van der Waals surface area contributed by atoms with Crippen molar-refractivity contribution in [1.82, 2.24) is 14.8 Å². The van der Waals surface area contributed by atoms with Gasteiger partial charge in [0, 0.05) is 50.6 Å². The number of carbonyl (C=O) groups excluding carboxylic acids is 1. The van der Waals surface area contributed by atoms with Gasteiger partial charge in [-0.05, 0) is 30.5 Å². The first-order valence-corrected chi connectivity index (χ1v) is 8.30. The maximum atomic E-state index is 12.2. The van der Waals surface area contributed by atoms with E-state index in [1.807, 2.05) is 0 Å². The lowest BCUT2D eigenvalue weighted by Crippen LogP contribution is -2.44.